The Bertz CT molecular complexity index is 262. The van der Waals surface area contributed by atoms with E-state index in [-0.39, 0.29) is 24.0 Å². The maximum absolute atomic E-state index is 4.28. The van der Waals surface area contributed by atoms with Gasteiger partial charge < -0.3 is 10.6 Å². The number of halogens is 1. The van der Waals surface area contributed by atoms with Gasteiger partial charge in [0.25, 0.3) is 0 Å². The van der Waals surface area contributed by atoms with Crippen LogP contribution in [-0.2, 0) is 0 Å². The van der Waals surface area contributed by atoms with Gasteiger partial charge in [-0.2, -0.15) is 0 Å². The zero-order valence-corrected chi connectivity index (χ0v) is 14.1. The summed E-state index contributed by atoms with van der Waals surface area (Å²) in [5.74, 6) is 2.77. The van der Waals surface area contributed by atoms with E-state index < -0.39 is 0 Å². The maximum Gasteiger partial charge on any atom is 0.191 e. The highest BCUT2D eigenvalue weighted by Gasteiger charge is 2.33. The van der Waals surface area contributed by atoms with Crippen molar-refractivity contribution in [1.29, 1.82) is 0 Å². The number of hydrogen-bond donors (Lipinski definition) is 2. The van der Waals surface area contributed by atoms with E-state index in [2.05, 4.69) is 22.5 Å². The van der Waals surface area contributed by atoms with Gasteiger partial charge in [0.05, 0.1) is 0 Å². The zero-order chi connectivity index (χ0) is 12.1. The summed E-state index contributed by atoms with van der Waals surface area (Å²) >= 11 is 0. The second kappa shape index (κ2) is 8.23. The van der Waals surface area contributed by atoms with E-state index in [0.717, 1.165) is 24.3 Å². The molecule has 0 spiro atoms. The van der Waals surface area contributed by atoms with Gasteiger partial charge >= 0.3 is 0 Å². The molecule has 0 aromatic carbocycles. The first kappa shape index (κ1) is 16.1. The van der Waals surface area contributed by atoms with Crippen molar-refractivity contribution < 1.29 is 0 Å². The van der Waals surface area contributed by atoms with Crippen LogP contribution >= 0.6 is 24.0 Å². The first-order valence-corrected chi connectivity index (χ1v) is 7.26. The minimum atomic E-state index is 0. The van der Waals surface area contributed by atoms with Crippen molar-refractivity contribution in [3.05, 3.63) is 0 Å². The third-order valence-corrected chi connectivity index (χ3v) is 4.22. The molecule has 4 heteroatoms. The predicted octanol–water partition coefficient (Wildman–Crippen LogP) is 3.15. The molecule has 2 unspecified atom stereocenters. The van der Waals surface area contributed by atoms with Crippen molar-refractivity contribution in [2.24, 2.45) is 16.8 Å². The van der Waals surface area contributed by atoms with Crippen LogP contribution in [0.3, 0.4) is 0 Å². The molecule has 0 aliphatic heterocycles. The molecule has 18 heavy (non-hydrogen) atoms. The Morgan fingerprint density at radius 2 is 1.89 bits per heavy atom. The van der Waals surface area contributed by atoms with Crippen LogP contribution in [-0.4, -0.2) is 25.6 Å². The van der Waals surface area contributed by atoms with Gasteiger partial charge in [-0.1, -0.05) is 39.0 Å². The second-order valence-corrected chi connectivity index (χ2v) is 5.76. The van der Waals surface area contributed by atoms with Crippen LogP contribution in [0.25, 0.3) is 0 Å². The highest BCUT2D eigenvalue weighted by molar-refractivity contribution is 14.0. The van der Waals surface area contributed by atoms with Crippen molar-refractivity contribution in [1.82, 2.24) is 10.6 Å². The number of hydrogen-bond acceptors (Lipinski definition) is 1. The van der Waals surface area contributed by atoms with Gasteiger partial charge in [-0.15, -0.1) is 24.0 Å². The molecule has 106 valence electrons. The monoisotopic (exact) mass is 365 g/mol. The van der Waals surface area contributed by atoms with Crippen LogP contribution in [0, 0.1) is 11.8 Å². The Labute approximate surface area is 129 Å². The Hall–Kier alpha value is 0. The topological polar surface area (TPSA) is 36.4 Å². The number of nitrogens with zero attached hydrogens (tertiary/aromatic N) is 1. The van der Waals surface area contributed by atoms with Gasteiger partial charge in [0.1, 0.15) is 0 Å². The fourth-order valence-electron chi connectivity index (χ4n) is 2.76. The van der Waals surface area contributed by atoms with E-state index in [0.29, 0.717) is 6.04 Å². The average molecular weight is 365 g/mol. The van der Waals surface area contributed by atoms with E-state index in [4.69, 9.17) is 0 Å². The maximum atomic E-state index is 4.28. The van der Waals surface area contributed by atoms with Gasteiger partial charge in [-0.25, -0.2) is 0 Å². The lowest BCUT2D eigenvalue weighted by atomic mass is 9.87. The Morgan fingerprint density at radius 3 is 2.44 bits per heavy atom. The highest BCUT2D eigenvalue weighted by atomic mass is 127. The predicted molar refractivity (Wildman–Crippen MR) is 88.7 cm³/mol. The molecule has 0 saturated heterocycles. The third kappa shape index (κ3) is 5.33. The molecule has 3 nitrogen and oxygen atoms in total. The fourth-order valence-corrected chi connectivity index (χ4v) is 2.76. The molecule has 0 aromatic heterocycles. The summed E-state index contributed by atoms with van der Waals surface area (Å²) in [7, 11) is 1.86. The van der Waals surface area contributed by atoms with Gasteiger partial charge in [-0.05, 0) is 24.7 Å². The van der Waals surface area contributed by atoms with Gasteiger partial charge in [-0.3, -0.25) is 4.99 Å². The second-order valence-electron chi connectivity index (χ2n) is 5.76. The Kier molecular flexibility index (Phi) is 7.34. The van der Waals surface area contributed by atoms with Crippen molar-refractivity contribution >= 4 is 29.9 Å². The largest absolute Gasteiger partial charge is 0.356 e. The molecule has 2 rings (SSSR count). The minimum Gasteiger partial charge on any atom is -0.356 e. The quantitative estimate of drug-likeness (QED) is 0.456. The molecule has 0 amide bonds. The SMILES string of the molecule is CN=C(NCCC1CCCCC1)NC1CC1C.I. The van der Waals surface area contributed by atoms with E-state index in [1.807, 2.05) is 7.05 Å². The summed E-state index contributed by atoms with van der Waals surface area (Å²) in [5.41, 5.74) is 0. The van der Waals surface area contributed by atoms with Crippen LogP contribution < -0.4 is 10.6 Å². The first-order chi connectivity index (χ1) is 8.29. The van der Waals surface area contributed by atoms with Crippen molar-refractivity contribution in [2.45, 2.75) is 57.9 Å². The average Bonchev–Trinajstić information content (AvgIpc) is 3.05. The van der Waals surface area contributed by atoms with Crippen molar-refractivity contribution in [3.8, 4) is 0 Å². The molecule has 0 heterocycles. The molecule has 0 bridgehead atoms. The van der Waals surface area contributed by atoms with Crippen molar-refractivity contribution in [3.63, 3.8) is 0 Å². The van der Waals surface area contributed by atoms with Crippen LogP contribution in [0.4, 0.5) is 0 Å². The standard InChI is InChI=1S/C14H27N3.HI/c1-11-10-13(11)17-14(15-2)16-9-8-12-6-4-3-5-7-12;/h11-13H,3-10H2,1-2H3,(H2,15,16,17);1H. The molecule has 2 fully saturated rings. The molecular weight excluding hydrogens is 337 g/mol. The summed E-state index contributed by atoms with van der Waals surface area (Å²) in [6.07, 6.45) is 9.81. The summed E-state index contributed by atoms with van der Waals surface area (Å²) in [4.78, 5) is 4.28. The number of rotatable bonds is 4. The fraction of sp³-hybridized carbons (Fsp3) is 0.929. The van der Waals surface area contributed by atoms with E-state index in [1.165, 1.54) is 44.9 Å². The molecule has 0 radical (unpaired) electrons. The molecule has 2 saturated carbocycles. The van der Waals surface area contributed by atoms with Crippen molar-refractivity contribution in [2.75, 3.05) is 13.6 Å². The Morgan fingerprint density at radius 1 is 1.22 bits per heavy atom. The first-order valence-electron chi connectivity index (χ1n) is 7.26. The van der Waals surface area contributed by atoms with E-state index >= 15 is 0 Å². The molecule has 2 aliphatic rings. The number of nitrogens with one attached hydrogen (secondary N) is 2. The summed E-state index contributed by atoms with van der Waals surface area (Å²) < 4.78 is 0. The summed E-state index contributed by atoms with van der Waals surface area (Å²) in [5, 5.41) is 6.91. The van der Waals surface area contributed by atoms with Crippen LogP contribution in [0.2, 0.25) is 0 Å². The van der Waals surface area contributed by atoms with Crippen LogP contribution in [0.5, 0.6) is 0 Å². The molecule has 2 aliphatic carbocycles. The molecule has 0 aromatic rings. The number of aliphatic imine (C=N–C) groups is 1. The molecular formula is C14H28IN3. The highest BCUT2D eigenvalue weighted by Crippen LogP contribution is 2.28. The van der Waals surface area contributed by atoms with Crippen LogP contribution in [0.15, 0.2) is 4.99 Å². The summed E-state index contributed by atoms with van der Waals surface area (Å²) in [6, 6.07) is 0.663. The summed E-state index contributed by atoms with van der Waals surface area (Å²) in [6.45, 7) is 3.36. The lowest BCUT2D eigenvalue weighted by Gasteiger charge is -2.22. The third-order valence-electron chi connectivity index (χ3n) is 4.22. The van der Waals surface area contributed by atoms with E-state index in [9.17, 15) is 0 Å². The van der Waals surface area contributed by atoms with Gasteiger partial charge in [0.2, 0.25) is 0 Å². The smallest absolute Gasteiger partial charge is 0.191 e. The van der Waals surface area contributed by atoms with Gasteiger partial charge in [0, 0.05) is 19.6 Å². The normalized spacial score (nSPS) is 28.4. The number of guanidine groups is 1. The lowest BCUT2D eigenvalue weighted by Crippen LogP contribution is -2.39. The van der Waals surface area contributed by atoms with E-state index in [1.54, 1.807) is 0 Å². The Balaban J connectivity index is 0.00000162. The zero-order valence-electron chi connectivity index (χ0n) is 11.7. The molecule has 2 N–H and O–H groups in total. The van der Waals surface area contributed by atoms with Gasteiger partial charge in [0.15, 0.2) is 5.96 Å². The lowest BCUT2D eigenvalue weighted by molar-refractivity contribution is 0.339. The molecule has 2 atom stereocenters. The van der Waals surface area contributed by atoms with Crippen LogP contribution in [0.1, 0.15) is 51.9 Å². The minimum absolute atomic E-state index is 0.